The van der Waals surface area contributed by atoms with Crippen molar-refractivity contribution in [1.29, 1.82) is 0 Å². The maximum Gasteiger partial charge on any atom is 0.131 e. The molecular weight excluding hydrogens is 450 g/mol. The Kier molecular flexibility index (Phi) is 11.3. The lowest BCUT2D eigenvalue weighted by Gasteiger charge is -2.19. The molecule has 36 heavy (non-hydrogen) atoms. The molecule has 2 aromatic carbocycles. The molecule has 1 heterocycles. The van der Waals surface area contributed by atoms with Crippen molar-refractivity contribution in [2.75, 3.05) is 59.1 Å². The number of rotatable bonds is 16. The van der Waals surface area contributed by atoms with Crippen LogP contribution >= 0.6 is 0 Å². The summed E-state index contributed by atoms with van der Waals surface area (Å²) in [6.07, 6.45) is 0.989. The summed E-state index contributed by atoms with van der Waals surface area (Å²) in [5.74, 6) is 2.56. The first-order valence-corrected chi connectivity index (χ1v) is 13.5. The molecule has 3 aromatic rings. The summed E-state index contributed by atoms with van der Waals surface area (Å²) in [6, 6.07) is 16.3. The van der Waals surface area contributed by atoms with E-state index in [0.29, 0.717) is 13.2 Å². The van der Waals surface area contributed by atoms with Crippen LogP contribution in [-0.4, -0.2) is 73.9 Å². The Hall–Kier alpha value is -2.83. The second kappa shape index (κ2) is 14.7. The fourth-order valence-electron chi connectivity index (χ4n) is 4.13. The molecule has 0 radical (unpaired) electrons. The first-order valence-electron chi connectivity index (χ1n) is 13.5. The molecule has 0 atom stereocenters. The highest BCUT2D eigenvalue weighted by atomic mass is 16.5. The van der Waals surface area contributed by atoms with Gasteiger partial charge in [0.25, 0.3) is 0 Å². The van der Waals surface area contributed by atoms with E-state index in [0.717, 1.165) is 91.7 Å². The van der Waals surface area contributed by atoms with E-state index in [2.05, 4.69) is 62.6 Å². The number of hydrogen-bond acceptors (Lipinski definition) is 6. The van der Waals surface area contributed by atoms with Crippen LogP contribution < -0.4 is 14.2 Å². The molecule has 0 amide bonds. The molecule has 0 saturated carbocycles. The summed E-state index contributed by atoms with van der Waals surface area (Å²) in [4.78, 5) is 9.67. The van der Waals surface area contributed by atoms with Crippen molar-refractivity contribution >= 4 is 10.9 Å². The average Bonchev–Trinajstić information content (AvgIpc) is 2.92. The predicted molar refractivity (Wildman–Crippen MR) is 150 cm³/mol. The lowest BCUT2D eigenvalue weighted by Crippen LogP contribution is -2.28. The standard InChI is InChI=1S/C30H43N3O3/c1-6-19-34-25-13-11-24(12-14-25)29-23-30(36-21-18-33(9-4)10-5)27-22-26(15-16-28(27)31-29)35-20-17-32(7-2)8-3/h11-16,22-23H,6-10,17-21H2,1-5H3. The van der Waals surface area contributed by atoms with E-state index in [1.165, 1.54) is 0 Å². The van der Waals surface area contributed by atoms with E-state index >= 15 is 0 Å². The second-order valence-electron chi connectivity index (χ2n) is 8.81. The number of nitrogens with zero attached hydrogens (tertiary/aromatic N) is 3. The number of likely N-dealkylation sites (N-methyl/N-ethyl adjacent to an activating group) is 2. The number of ether oxygens (including phenoxy) is 3. The minimum Gasteiger partial charge on any atom is -0.494 e. The van der Waals surface area contributed by atoms with Gasteiger partial charge in [-0.15, -0.1) is 0 Å². The minimum absolute atomic E-state index is 0.622. The van der Waals surface area contributed by atoms with Crippen LogP contribution in [0.2, 0.25) is 0 Å². The van der Waals surface area contributed by atoms with Crippen LogP contribution in [0, 0.1) is 0 Å². The zero-order valence-electron chi connectivity index (χ0n) is 22.8. The molecule has 6 nitrogen and oxygen atoms in total. The summed E-state index contributed by atoms with van der Waals surface area (Å²) in [5, 5.41) is 0.974. The van der Waals surface area contributed by atoms with E-state index in [4.69, 9.17) is 19.2 Å². The number of pyridine rings is 1. The molecule has 0 aliphatic rings. The Morgan fingerprint density at radius 3 is 1.83 bits per heavy atom. The summed E-state index contributed by atoms with van der Waals surface area (Å²) < 4.78 is 18.2. The molecule has 1 aromatic heterocycles. The highest BCUT2D eigenvalue weighted by Gasteiger charge is 2.12. The summed E-state index contributed by atoms with van der Waals surface area (Å²) in [7, 11) is 0. The maximum atomic E-state index is 6.35. The SMILES string of the molecule is CCCOc1ccc(-c2cc(OCCN(CC)CC)c3cc(OCCN(CC)CC)ccc3n2)cc1. The van der Waals surface area contributed by atoms with Crippen LogP contribution in [-0.2, 0) is 0 Å². The Balaban J connectivity index is 1.86. The fourth-order valence-corrected chi connectivity index (χ4v) is 4.13. The van der Waals surface area contributed by atoms with E-state index in [-0.39, 0.29) is 0 Å². The Morgan fingerprint density at radius 1 is 0.639 bits per heavy atom. The van der Waals surface area contributed by atoms with Gasteiger partial charge < -0.3 is 24.0 Å². The second-order valence-corrected chi connectivity index (χ2v) is 8.81. The monoisotopic (exact) mass is 493 g/mol. The number of hydrogen-bond donors (Lipinski definition) is 0. The van der Waals surface area contributed by atoms with Crippen molar-refractivity contribution in [2.24, 2.45) is 0 Å². The van der Waals surface area contributed by atoms with Crippen molar-refractivity contribution in [3.8, 4) is 28.5 Å². The minimum atomic E-state index is 0.622. The molecule has 0 bridgehead atoms. The normalized spacial score (nSPS) is 11.4. The summed E-state index contributed by atoms with van der Waals surface area (Å²) >= 11 is 0. The lowest BCUT2D eigenvalue weighted by atomic mass is 10.1. The highest BCUT2D eigenvalue weighted by Crippen LogP contribution is 2.33. The number of benzene rings is 2. The van der Waals surface area contributed by atoms with Gasteiger partial charge in [-0.1, -0.05) is 34.6 Å². The van der Waals surface area contributed by atoms with Crippen molar-refractivity contribution in [2.45, 2.75) is 41.0 Å². The molecule has 196 valence electrons. The molecule has 0 aliphatic carbocycles. The van der Waals surface area contributed by atoms with E-state index in [9.17, 15) is 0 Å². The molecule has 0 N–H and O–H groups in total. The Bertz CT molecular complexity index is 1050. The zero-order valence-corrected chi connectivity index (χ0v) is 22.8. The molecule has 0 fully saturated rings. The van der Waals surface area contributed by atoms with E-state index in [1.807, 2.05) is 30.3 Å². The highest BCUT2D eigenvalue weighted by molar-refractivity contribution is 5.89. The van der Waals surface area contributed by atoms with Crippen molar-refractivity contribution < 1.29 is 14.2 Å². The molecule has 6 heteroatoms. The largest absolute Gasteiger partial charge is 0.494 e. The van der Waals surface area contributed by atoms with Crippen LogP contribution in [0.25, 0.3) is 22.2 Å². The third-order valence-corrected chi connectivity index (χ3v) is 6.50. The van der Waals surface area contributed by atoms with Gasteiger partial charge in [0, 0.05) is 30.1 Å². The van der Waals surface area contributed by atoms with Gasteiger partial charge in [-0.05, 0) is 75.1 Å². The zero-order chi connectivity index (χ0) is 25.8. The lowest BCUT2D eigenvalue weighted by molar-refractivity contribution is 0.222. The maximum absolute atomic E-state index is 6.35. The van der Waals surface area contributed by atoms with Crippen molar-refractivity contribution in [1.82, 2.24) is 14.8 Å². The van der Waals surface area contributed by atoms with E-state index < -0.39 is 0 Å². The quantitative estimate of drug-likeness (QED) is 0.239. The van der Waals surface area contributed by atoms with Gasteiger partial charge in [-0.2, -0.15) is 0 Å². The molecule has 3 rings (SSSR count). The molecular formula is C30H43N3O3. The van der Waals surface area contributed by atoms with Gasteiger partial charge in [0.05, 0.1) is 17.8 Å². The van der Waals surface area contributed by atoms with Gasteiger partial charge in [-0.25, -0.2) is 4.98 Å². The van der Waals surface area contributed by atoms with Crippen LogP contribution in [0.3, 0.4) is 0 Å². The van der Waals surface area contributed by atoms with Gasteiger partial charge >= 0.3 is 0 Å². The Labute approximate surface area is 217 Å². The third kappa shape index (κ3) is 7.84. The van der Waals surface area contributed by atoms with Crippen LogP contribution in [0.1, 0.15) is 41.0 Å². The van der Waals surface area contributed by atoms with Crippen LogP contribution in [0.4, 0.5) is 0 Å². The van der Waals surface area contributed by atoms with Gasteiger partial charge in [-0.3, -0.25) is 0 Å². The van der Waals surface area contributed by atoms with Gasteiger partial charge in [0.15, 0.2) is 0 Å². The van der Waals surface area contributed by atoms with Crippen molar-refractivity contribution in [3.63, 3.8) is 0 Å². The van der Waals surface area contributed by atoms with Crippen LogP contribution in [0.15, 0.2) is 48.5 Å². The topological polar surface area (TPSA) is 47.1 Å². The number of fused-ring (bicyclic) bond motifs is 1. The Morgan fingerprint density at radius 2 is 1.22 bits per heavy atom. The number of aromatic nitrogens is 1. The fraction of sp³-hybridized carbons (Fsp3) is 0.500. The van der Waals surface area contributed by atoms with Gasteiger partial charge in [0.2, 0.25) is 0 Å². The van der Waals surface area contributed by atoms with Gasteiger partial charge in [0.1, 0.15) is 30.5 Å². The average molecular weight is 494 g/mol. The smallest absolute Gasteiger partial charge is 0.131 e. The predicted octanol–water partition coefficient (Wildman–Crippen LogP) is 6.13. The molecule has 0 spiro atoms. The summed E-state index contributed by atoms with van der Waals surface area (Å²) in [6.45, 7) is 18.7. The summed E-state index contributed by atoms with van der Waals surface area (Å²) in [5.41, 5.74) is 2.82. The molecule has 0 aliphatic heterocycles. The molecule has 0 unspecified atom stereocenters. The molecule has 0 saturated heterocycles. The van der Waals surface area contributed by atoms with E-state index in [1.54, 1.807) is 0 Å². The van der Waals surface area contributed by atoms with Crippen molar-refractivity contribution in [3.05, 3.63) is 48.5 Å². The third-order valence-electron chi connectivity index (χ3n) is 6.50. The van der Waals surface area contributed by atoms with Crippen LogP contribution in [0.5, 0.6) is 17.2 Å². The first kappa shape index (κ1) is 27.8. The first-order chi connectivity index (χ1) is 17.6.